The fraction of sp³-hybridized carbons (Fsp3) is 0. The van der Waals surface area contributed by atoms with Crippen LogP contribution in [0.5, 0.6) is 0 Å². The number of fused-ring (bicyclic) bond motifs is 2. The molecule has 4 rings (SSSR count). The van der Waals surface area contributed by atoms with Crippen molar-refractivity contribution >= 4 is 21.7 Å². The van der Waals surface area contributed by atoms with E-state index in [4.69, 9.17) is 0 Å². The molecule has 2 heteroatoms. The van der Waals surface area contributed by atoms with Crippen LogP contribution < -0.4 is 4.73 Å². The molecule has 0 aliphatic rings. The largest absolute Gasteiger partial charge is 0.618 e. The summed E-state index contributed by atoms with van der Waals surface area (Å²) >= 11 is 0. The van der Waals surface area contributed by atoms with Gasteiger partial charge in [0, 0.05) is 17.5 Å². The lowest BCUT2D eigenvalue weighted by molar-refractivity contribution is -0.564. The Morgan fingerprint density at radius 3 is 2.24 bits per heavy atom. The third-order valence-electron chi connectivity index (χ3n) is 3.86. The van der Waals surface area contributed by atoms with Crippen molar-refractivity contribution in [2.45, 2.75) is 0 Å². The Bertz CT molecular complexity index is 954. The minimum absolute atomic E-state index is 0.686. The second-order valence-corrected chi connectivity index (χ2v) is 5.10. The van der Waals surface area contributed by atoms with E-state index < -0.39 is 0 Å². The van der Waals surface area contributed by atoms with E-state index in [9.17, 15) is 5.21 Å². The molecule has 4 aromatic rings. The zero-order valence-corrected chi connectivity index (χ0v) is 11.4. The van der Waals surface area contributed by atoms with Gasteiger partial charge in [-0.05, 0) is 29.0 Å². The van der Waals surface area contributed by atoms with E-state index in [-0.39, 0.29) is 0 Å². The van der Waals surface area contributed by atoms with E-state index in [1.54, 1.807) is 0 Å². The first kappa shape index (κ1) is 11.9. The maximum absolute atomic E-state index is 12.7. The molecule has 0 unspecified atom stereocenters. The molecule has 3 aromatic carbocycles. The predicted octanol–water partition coefficient (Wildman–Crippen LogP) is 4.29. The van der Waals surface area contributed by atoms with Crippen molar-refractivity contribution in [3.05, 3.63) is 84.1 Å². The average Bonchev–Trinajstić information content (AvgIpc) is 2.55. The van der Waals surface area contributed by atoms with Crippen molar-refractivity contribution in [3.63, 3.8) is 0 Å². The summed E-state index contributed by atoms with van der Waals surface area (Å²) in [5.74, 6) is 0. The van der Waals surface area contributed by atoms with Gasteiger partial charge in [-0.2, -0.15) is 4.73 Å². The monoisotopic (exact) mass is 271 g/mol. The van der Waals surface area contributed by atoms with Crippen molar-refractivity contribution < 1.29 is 4.73 Å². The van der Waals surface area contributed by atoms with Crippen molar-refractivity contribution in [1.82, 2.24) is 0 Å². The normalized spacial score (nSPS) is 11.0. The second kappa shape index (κ2) is 4.60. The van der Waals surface area contributed by atoms with Crippen LogP contribution in [-0.4, -0.2) is 0 Å². The van der Waals surface area contributed by atoms with Crippen LogP contribution in [-0.2, 0) is 0 Å². The number of hydrogen-bond acceptors (Lipinski definition) is 1. The quantitative estimate of drug-likeness (QED) is 0.374. The van der Waals surface area contributed by atoms with Crippen LogP contribution in [0.3, 0.4) is 0 Å². The number of nitrogens with zero attached hydrogens (tertiary/aromatic N) is 1. The molecule has 0 spiro atoms. The Balaban J connectivity index is 2.07. The molecule has 0 bridgehead atoms. The second-order valence-electron chi connectivity index (χ2n) is 5.10. The van der Waals surface area contributed by atoms with E-state index in [1.165, 1.54) is 0 Å². The molecule has 1 aromatic heterocycles. The minimum atomic E-state index is 0.686. The van der Waals surface area contributed by atoms with Gasteiger partial charge in [-0.1, -0.05) is 48.5 Å². The third-order valence-corrected chi connectivity index (χ3v) is 3.86. The number of benzene rings is 3. The Morgan fingerprint density at radius 1 is 0.619 bits per heavy atom. The van der Waals surface area contributed by atoms with Gasteiger partial charge in [0.1, 0.15) is 0 Å². The highest BCUT2D eigenvalue weighted by Crippen LogP contribution is 2.27. The Morgan fingerprint density at radius 2 is 1.33 bits per heavy atom. The topological polar surface area (TPSA) is 26.9 Å². The summed E-state index contributed by atoms with van der Waals surface area (Å²) in [4.78, 5) is 0. The van der Waals surface area contributed by atoms with Crippen molar-refractivity contribution in [2.24, 2.45) is 0 Å². The Hall–Kier alpha value is -2.87. The van der Waals surface area contributed by atoms with E-state index >= 15 is 0 Å². The molecule has 0 saturated heterocycles. The first-order valence-corrected chi connectivity index (χ1v) is 6.94. The van der Waals surface area contributed by atoms with Crippen LogP contribution in [0, 0.1) is 5.21 Å². The fourth-order valence-electron chi connectivity index (χ4n) is 2.83. The molecule has 0 saturated carbocycles. The third kappa shape index (κ3) is 1.84. The zero-order chi connectivity index (χ0) is 14.2. The van der Waals surface area contributed by atoms with Gasteiger partial charge < -0.3 is 5.21 Å². The van der Waals surface area contributed by atoms with E-state index in [0.29, 0.717) is 11.2 Å². The molecule has 2 nitrogen and oxygen atoms in total. The predicted molar refractivity (Wildman–Crippen MR) is 85.9 cm³/mol. The van der Waals surface area contributed by atoms with Gasteiger partial charge in [-0.25, -0.2) is 0 Å². The van der Waals surface area contributed by atoms with Gasteiger partial charge in [0.2, 0.25) is 11.2 Å². The van der Waals surface area contributed by atoms with Crippen LogP contribution >= 0.6 is 0 Å². The molecule has 0 aliphatic heterocycles. The van der Waals surface area contributed by atoms with Crippen LogP contribution in [0.25, 0.3) is 32.9 Å². The first-order valence-electron chi connectivity index (χ1n) is 6.94. The molecule has 21 heavy (non-hydrogen) atoms. The summed E-state index contributed by atoms with van der Waals surface area (Å²) in [5.41, 5.74) is 2.35. The van der Waals surface area contributed by atoms with Gasteiger partial charge in [-0.15, -0.1) is 0 Å². The molecule has 0 atom stereocenters. The Labute approximate surface area is 122 Å². The zero-order valence-electron chi connectivity index (χ0n) is 11.4. The van der Waals surface area contributed by atoms with Gasteiger partial charge in [-0.3, -0.25) is 0 Å². The maximum atomic E-state index is 12.7. The van der Waals surface area contributed by atoms with Crippen molar-refractivity contribution in [1.29, 1.82) is 0 Å². The molecule has 0 fully saturated rings. The van der Waals surface area contributed by atoms with Crippen LogP contribution in [0.2, 0.25) is 0 Å². The summed E-state index contributed by atoms with van der Waals surface area (Å²) in [6, 6.07) is 25.7. The SMILES string of the molecule is [O-][n+]1c(-c2cccc3ccccc23)ccc2ccccc21. The Kier molecular flexibility index (Phi) is 2.61. The maximum Gasteiger partial charge on any atom is 0.224 e. The lowest BCUT2D eigenvalue weighted by atomic mass is 10.0. The van der Waals surface area contributed by atoms with E-state index in [1.807, 2.05) is 60.7 Å². The van der Waals surface area contributed by atoms with Crippen molar-refractivity contribution in [2.75, 3.05) is 0 Å². The minimum Gasteiger partial charge on any atom is -0.618 e. The highest BCUT2D eigenvalue weighted by atomic mass is 16.5. The van der Waals surface area contributed by atoms with Gasteiger partial charge in [0.15, 0.2) is 0 Å². The lowest BCUT2D eigenvalue weighted by Crippen LogP contribution is -2.30. The molecular weight excluding hydrogens is 258 g/mol. The molecule has 1 heterocycles. The summed E-state index contributed by atoms with van der Waals surface area (Å²) in [6.07, 6.45) is 0. The van der Waals surface area contributed by atoms with Crippen molar-refractivity contribution in [3.8, 4) is 11.3 Å². The van der Waals surface area contributed by atoms with Gasteiger partial charge in [0.25, 0.3) is 0 Å². The van der Waals surface area contributed by atoms with E-state index in [2.05, 4.69) is 18.2 Å². The number of pyridine rings is 1. The molecule has 0 N–H and O–H groups in total. The summed E-state index contributed by atoms with van der Waals surface area (Å²) in [7, 11) is 0. The molecule has 0 radical (unpaired) electrons. The summed E-state index contributed by atoms with van der Waals surface area (Å²) < 4.78 is 1.02. The lowest BCUT2D eigenvalue weighted by Gasteiger charge is -2.09. The first-order chi connectivity index (χ1) is 10.3. The number of para-hydroxylation sites is 1. The van der Waals surface area contributed by atoms with Crippen LogP contribution in [0.1, 0.15) is 0 Å². The van der Waals surface area contributed by atoms with E-state index in [0.717, 1.165) is 26.5 Å². The van der Waals surface area contributed by atoms with Gasteiger partial charge >= 0.3 is 0 Å². The molecular formula is C19H13NO. The highest BCUT2D eigenvalue weighted by molar-refractivity contribution is 5.95. The van der Waals surface area contributed by atoms with Gasteiger partial charge in [0.05, 0.1) is 5.56 Å². The highest BCUT2D eigenvalue weighted by Gasteiger charge is 2.14. The summed E-state index contributed by atoms with van der Waals surface area (Å²) in [5, 5.41) is 15.9. The molecule has 0 aliphatic carbocycles. The van der Waals surface area contributed by atoms with Crippen LogP contribution in [0.4, 0.5) is 0 Å². The standard InChI is InChI=1S/C19H13NO/c21-20-18-11-4-2-7-15(18)12-13-19(20)17-10-5-8-14-6-1-3-9-16(14)17/h1-13H. The molecule has 0 amide bonds. The number of rotatable bonds is 1. The van der Waals surface area contributed by atoms with Crippen LogP contribution in [0.15, 0.2) is 78.9 Å². The smallest absolute Gasteiger partial charge is 0.224 e. The average molecular weight is 271 g/mol. The fourth-order valence-corrected chi connectivity index (χ4v) is 2.83. The number of hydrogen-bond donors (Lipinski definition) is 0. The number of aromatic nitrogens is 1. The molecule has 100 valence electrons. The summed E-state index contributed by atoms with van der Waals surface area (Å²) in [6.45, 7) is 0.